The number of aromatic nitrogens is 4. The van der Waals surface area contributed by atoms with Gasteiger partial charge in [0, 0.05) is 98.7 Å². The highest BCUT2D eigenvalue weighted by molar-refractivity contribution is 6.37. The molecule has 1 saturated heterocycles. The van der Waals surface area contributed by atoms with Crippen LogP contribution in [0.4, 0.5) is 8.78 Å². The number of pyridine rings is 4. The molecule has 8 unspecified atom stereocenters. The Morgan fingerprint density at radius 1 is 0.613 bits per heavy atom. The number of methoxy groups -OCH3 is 1. The number of ether oxygens (including phenoxy) is 4. The van der Waals surface area contributed by atoms with Crippen molar-refractivity contribution in [1.29, 1.82) is 0 Å². The van der Waals surface area contributed by atoms with Gasteiger partial charge >= 0.3 is 5.72 Å². The number of benzene rings is 4. The first-order valence-corrected chi connectivity index (χ1v) is 29.2. The van der Waals surface area contributed by atoms with Crippen molar-refractivity contribution in [1.82, 2.24) is 0 Å². The SMILES string of the molecule is COC(C)CC(C)OCC[n+]1ccc(-c2cc[n+]3c(c2)-c2c(Cl)cc(Cl)cc2C24OC(C)C(C)C(C)OC32C[n+]2ccccc2-c2c(Cl)cc(Cl)cc24)cc1-c1c(F)cc(Cl)cc1CC1C[n+]2ccccc2-c2c(F)cc(Cl)cc21. The van der Waals surface area contributed by atoms with Crippen molar-refractivity contribution in [3.63, 3.8) is 0 Å². The van der Waals surface area contributed by atoms with Crippen LogP contribution in [0, 0.1) is 17.6 Å². The van der Waals surface area contributed by atoms with Crippen molar-refractivity contribution in [2.75, 3.05) is 13.7 Å². The molecular weight excluding hydrogens is 1140 g/mol. The maximum Gasteiger partial charge on any atom is 0.371 e. The lowest BCUT2D eigenvalue weighted by molar-refractivity contribution is -0.876. The van der Waals surface area contributed by atoms with E-state index in [0.29, 0.717) is 91.7 Å². The fourth-order valence-electron chi connectivity index (χ4n) is 13.0. The van der Waals surface area contributed by atoms with Crippen LogP contribution in [0.1, 0.15) is 69.2 Å². The zero-order valence-corrected chi connectivity index (χ0v) is 49.4. The van der Waals surface area contributed by atoms with Crippen LogP contribution in [0.25, 0.3) is 56.2 Å². The van der Waals surface area contributed by atoms with E-state index in [-0.39, 0.29) is 52.8 Å². The van der Waals surface area contributed by atoms with E-state index in [9.17, 15) is 0 Å². The fraction of sp³-hybridized carbons (Fsp3) is 0.312. The van der Waals surface area contributed by atoms with Gasteiger partial charge in [0.2, 0.25) is 34.9 Å². The molecule has 0 aliphatic carbocycles. The number of hydrogen-bond donors (Lipinski definition) is 0. The molecular formula is C64H58Cl6F2N4O4+4. The van der Waals surface area contributed by atoms with Gasteiger partial charge in [0.1, 0.15) is 18.2 Å². The summed E-state index contributed by atoms with van der Waals surface area (Å²) in [6.45, 7) is 11.8. The predicted molar refractivity (Wildman–Crippen MR) is 309 cm³/mol. The smallest absolute Gasteiger partial charge is 0.371 e. The first kappa shape index (κ1) is 55.5. The van der Waals surface area contributed by atoms with E-state index in [0.717, 1.165) is 39.3 Å². The van der Waals surface area contributed by atoms with Gasteiger partial charge in [-0.1, -0.05) is 76.5 Å². The second kappa shape index (κ2) is 21.6. The Labute approximate surface area is 494 Å². The summed E-state index contributed by atoms with van der Waals surface area (Å²) in [7, 11) is 1.69. The first-order chi connectivity index (χ1) is 38.4. The predicted octanol–water partition coefficient (Wildman–Crippen LogP) is 14.9. The van der Waals surface area contributed by atoms with Crippen molar-refractivity contribution in [3.8, 4) is 56.2 Å². The van der Waals surface area contributed by atoms with Gasteiger partial charge in [-0.2, -0.15) is 18.3 Å². The number of fused-ring (bicyclic) bond motifs is 9. The van der Waals surface area contributed by atoms with Crippen molar-refractivity contribution in [3.05, 3.63) is 198 Å². The van der Waals surface area contributed by atoms with Crippen LogP contribution in [0.3, 0.4) is 0 Å². The maximum absolute atomic E-state index is 17.5. The summed E-state index contributed by atoms with van der Waals surface area (Å²) in [5, 5.41) is 2.20. The van der Waals surface area contributed by atoms with Gasteiger partial charge in [0.15, 0.2) is 37.9 Å². The third kappa shape index (κ3) is 9.34. The minimum Gasteiger partial charge on any atom is -0.382 e. The monoisotopic (exact) mass is 1190 g/mol. The molecule has 4 aliphatic rings. The molecule has 8 nitrogen and oxygen atoms in total. The molecule has 0 N–H and O–H groups in total. The van der Waals surface area contributed by atoms with Crippen LogP contribution in [-0.2, 0) is 56.3 Å². The zero-order valence-electron chi connectivity index (χ0n) is 44.9. The summed E-state index contributed by atoms with van der Waals surface area (Å²) in [4.78, 5) is 0. The van der Waals surface area contributed by atoms with E-state index in [1.807, 2.05) is 127 Å². The average molecular weight is 1200 g/mol. The van der Waals surface area contributed by atoms with E-state index in [1.165, 1.54) is 12.1 Å². The van der Waals surface area contributed by atoms with Crippen LogP contribution >= 0.6 is 69.6 Å². The van der Waals surface area contributed by atoms with E-state index in [2.05, 4.69) is 36.0 Å². The molecule has 4 aromatic carbocycles. The van der Waals surface area contributed by atoms with Gasteiger partial charge in [0.25, 0.3) is 0 Å². The highest BCUT2D eigenvalue weighted by Gasteiger charge is 2.75. The Morgan fingerprint density at radius 3 is 1.89 bits per heavy atom. The van der Waals surface area contributed by atoms with Gasteiger partial charge < -0.3 is 18.9 Å². The van der Waals surface area contributed by atoms with Gasteiger partial charge in [0.05, 0.1) is 56.7 Å². The summed E-state index contributed by atoms with van der Waals surface area (Å²) < 4.78 is 69.3. The van der Waals surface area contributed by atoms with E-state index < -0.39 is 23.0 Å². The van der Waals surface area contributed by atoms with Gasteiger partial charge in [-0.25, -0.2) is 8.78 Å². The largest absolute Gasteiger partial charge is 0.382 e. The summed E-state index contributed by atoms with van der Waals surface area (Å²) in [5.74, 6) is -1.32. The highest BCUT2D eigenvalue weighted by Crippen LogP contribution is 2.60. The van der Waals surface area contributed by atoms with Crippen molar-refractivity contribution in [2.45, 2.75) is 109 Å². The molecule has 4 aliphatic heterocycles. The van der Waals surface area contributed by atoms with E-state index in [4.69, 9.17) is 88.6 Å². The van der Waals surface area contributed by atoms with Crippen molar-refractivity contribution >= 4 is 69.6 Å². The van der Waals surface area contributed by atoms with Gasteiger partial charge in [-0.15, -0.1) is 0 Å². The van der Waals surface area contributed by atoms with Gasteiger partial charge in [-0.05, 0) is 123 Å². The summed E-state index contributed by atoms with van der Waals surface area (Å²) in [6, 6.07) is 33.6. The van der Waals surface area contributed by atoms with E-state index >= 15 is 8.78 Å². The van der Waals surface area contributed by atoms with Crippen LogP contribution in [-0.4, -0.2) is 38.1 Å². The lowest BCUT2D eigenvalue weighted by Gasteiger charge is -2.46. The third-order valence-electron chi connectivity index (χ3n) is 17.0. The lowest BCUT2D eigenvalue weighted by atomic mass is 9.70. The minimum absolute atomic E-state index is 0.00310. The fourth-order valence-corrected chi connectivity index (χ4v) is 14.6. The topological polar surface area (TPSA) is 52.4 Å². The number of nitrogens with zero attached hydrogens (tertiary/aromatic N) is 4. The number of hydrogen-bond acceptors (Lipinski definition) is 4. The molecule has 410 valence electrons. The molecule has 0 bridgehead atoms. The van der Waals surface area contributed by atoms with Crippen LogP contribution in [0.2, 0.25) is 30.1 Å². The quantitative estimate of drug-likeness (QED) is 0.121. The minimum atomic E-state index is -1.45. The first-order valence-electron chi connectivity index (χ1n) is 26.9. The molecule has 80 heavy (non-hydrogen) atoms. The Balaban J connectivity index is 1.06. The Kier molecular flexibility index (Phi) is 15.0. The summed E-state index contributed by atoms with van der Waals surface area (Å²) in [5.41, 5.74) is 6.70. The molecule has 0 saturated carbocycles. The Hall–Kier alpha value is -5.08. The highest BCUT2D eigenvalue weighted by atomic mass is 35.5. The molecule has 8 heterocycles. The molecule has 4 aromatic heterocycles. The van der Waals surface area contributed by atoms with Crippen molar-refractivity contribution in [2.24, 2.45) is 5.92 Å². The molecule has 8 aromatic rings. The molecule has 0 radical (unpaired) electrons. The third-order valence-corrected chi connectivity index (χ3v) is 18.5. The number of rotatable bonds is 11. The standard InChI is InChI=1S/C64H58Cl6F2N4O4/c1-35(77-6)21-36(2)78-20-19-73-17-13-40(24-57(73)59-42(23-44(65)31-53(59)71)22-43-33-74-15-9-7-11-55(74)60-48(43)26-45(66)32-54(60)72)41-14-18-76-58(25-41)62-50(28-47(68)30-52(62)70)64-49-27-46(67)29-51(69)61(49)56-12-8-10-16-75(56)34-63(64,76)79-38(4)37(3)39(5)80-64/h7-18,23-32,35-39,43H,19-22,33-34H2,1-6H3/q+4. The molecule has 8 atom stereocenters. The zero-order chi connectivity index (χ0) is 56.1. The lowest BCUT2D eigenvalue weighted by Crippen LogP contribution is -2.76. The maximum atomic E-state index is 17.5. The van der Waals surface area contributed by atoms with Crippen molar-refractivity contribution < 1.29 is 46.0 Å². The Morgan fingerprint density at radius 2 is 1.20 bits per heavy atom. The van der Waals surface area contributed by atoms with Crippen LogP contribution in [0.15, 0.2) is 134 Å². The van der Waals surface area contributed by atoms with Gasteiger partial charge in [-0.3, -0.25) is 0 Å². The molecule has 16 heteroatoms. The van der Waals surface area contributed by atoms with E-state index in [1.54, 1.807) is 19.2 Å². The number of halogens is 8. The summed E-state index contributed by atoms with van der Waals surface area (Å²) in [6.07, 6.45) is 8.20. The van der Waals surface area contributed by atoms with Crippen LogP contribution in [0.5, 0.6) is 0 Å². The Bertz CT molecular complexity index is 3810. The molecule has 0 amide bonds. The molecule has 12 rings (SSSR count). The summed E-state index contributed by atoms with van der Waals surface area (Å²) >= 11 is 42.6. The molecule has 1 fully saturated rings. The second-order valence-corrected chi connectivity index (χ2v) is 24.4. The average Bonchev–Trinajstić information content (AvgIpc) is 3.66. The van der Waals surface area contributed by atoms with Crippen LogP contribution < -0.4 is 18.3 Å². The molecule has 0 spiro atoms. The second-order valence-electron chi connectivity index (χ2n) is 21.8. The normalized spacial score (nSPS) is 22.2.